The largest absolute Gasteiger partial charge is 0.462 e. The summed E-state index contributed by atoms with van der Waals surface area (Å²) in [6.07, 6.45) is 3.57. The van der Waals surface area contributed by atoms with Crippen molar-refractivity contribution in [2.45, 2.75) is 19.3 Å². The van der Waals surface area contributed by atoms with Crippen LogP contribution >= 0.6 is 0 Å². The van der Waals surface area contributed by atoms with E-state index in [2.05, 4.69) is 20.6 Å². The van der Waals surface area contributed by atoms with Crippen LogP contribution < -0.4 is 10.6 Å². The molecule has 0 spiro atoms. The zero-order valence-electron chi connectivity index (χ0n) is 19.7. The van der Waals surface area contributed by atoms with Crippen molar-refractivity contribution < 1.29 is 19.1 Å². The first-order chi connectivity index (χ1) is 17.5. The van der Waals surface area contributed by atoms with Crippen LogP contribution in [0.25, 0.3) is 0 Å². The third kappa shape index (κ3) is 6.24. The highest BCUT2D eigenvalue weighted by Gasteiger charge is 2.20. The number of amides is 2. The topological polar surface area (TPSA) is 113 Å². The summed E-state index contributed by atoms with van der Waals surface area (Å²) >= 11 is 0. The molecule has 0 saturated carbocycles. The van der Waals surface area contributed by atoms with Crippen LogP contribution in [0, 0.1) is 0 Å². The van der Waals surface area contributed by atoms with Gasteiger partial charge in [0.15, 0.2) is 0 Å². The number of rotatable bonds is 9. The van der Waals surface area contributed by atoms with Crippen LogP contribution in [0.15, 0.2) is 91.3 Å². The van der Waals surface area contributed by atoms with E-state index in [1.807, 2.05) is 30.3 Å². The molecule has 0 fully saturated rings. The van der Waals surface area contributed by atoms with Gasteiger partial charge in [0.05, 0.1) is 18.1 Å². The molecule has 0 aliphatic carbocycles. The smallest absolute Gasteiger partial charge is 0.338 e. The molecule has 1 atom stereocenters. The quantitative estimate of drug-likeness (QED) is 0.291. The van der Waals surface area contributed by atoms with Crippen molar-refractivity contribution in [3.63, 3.8) is 0 Å². The van der Waals surface area contributed by atoms with Crippen molar-refractivity contribution >= 4 is 29.2 Å². The third-order valence-electron chi connectivity index (χ3n) is 5.48. The van der Waals surface area contributed by atoms with Crippen LogP contribution in [0.4, 0.5) is 11.4 Å². The zero-order valence-corrected chi connectivity index (χ0v) is 19.7. The number of imidazole rings is 1. The maximum atomic E-state index is 12.9. The Morgan fingerprint density at radius 2 is 1.58 bits per heavy atom. The molecular weight excluding hydrogens is 456 g/mol. The van der Waals surface area contributed by atoms with Gasteiger partial charge in [0.1, 0.15) is 5.82 Å². The van der Waals surface area contributed by atoms with E-state index < -0.39 is 5.97 Å². The minimum absolute atomic E-state index is 0.175. The van der Waals surface area contributed by atoms with Crippen molar-refractivity contribution in [2.24, 2.45) is 0 Å². The van der Waals surface area contributed by atoms with Crippen LogP contribution in [0.5, 0.6) is 0 Å². The molecule has 8 nitrogen and oxygen atoms in total. The number of aromatic amines is 1. The Bertz CT molecular complexity index is 1340. The number of H-pyrrole nitrogens is 1. The van der Waals surface area contributed by atoms with Gasteiger partial charge in [-0.3, -0.25) is 9.59 Å². The molecule has 3 aromatic carbocycles. The predicted octanol–water partition coefficient (Wildman–Crippen LogP) is 5.00. The molecule has 4 aromatic rings. The lowest BCUT2D eigenvalue weighted by molar-refractivity contribution is -0.116. The van der Waals surface area contributed by atoms with Crippen molar-refractivity contribution in [1.82, 2.24) is 9.97 Å². The van der Waals surface area contributed by atoms with E-state index in [0.717, 1.165) is 5.56 Å². The van der Waals surface area contributed by atoms with Gasteiger partial charge in [-0.05, 0) is 48.9 Å². The normalized spacial score (nSPS) is 11.4. The molecule has 3 N–H and O–H groups in total. The number of carbonyl (C=O) groups excluding carboxylic acids is 3. The number of nitrogens with zero attached hydrogens (tertiary/aromatic N) is 1. The van der Waals surface area contributed by atoms with Gasteiger partial charge in [0.25, 0.3) is 5.91 Å². The Hall–Kier alpha value is -4.72. The molecule has 0 aliphatic heterocycles. The summed E-state index contributed by atoms with van der Waals surface area (Å²) in [7, 11) is 0. The highest BCUT2D eigenvalue weighted by atomic mass is 16.5. The molecule has 36 heavy (non-hydrogen) atoms. The number of hydrogen-bond acceptors (Lipinski definition) is 5. The summed E-state index contributed by atoms with van der Waals surface area (Å²) in [5.74, 6) is -0.569. The predicted molar refractivity (Wildman–Crippen MR) is 137 cm³/mol. The summed E-state index contributed by atoms with van der Waals surface area (Å²) in [6.45, 7) is 2.00. The highest BCUT2D eigenvalue weighted by Crippen LogP contribution is 2.26. The van der Waals surface area contributed by atoms with Gasteiger partial charge in [-0.2, -0.15) is 0 Å². The highest BCUT2D eigenvalue weighted by molar-refractivity contribution is 6.06. The lowest BCUT2D eigenvalue weighted by Gasteiger charge is -2.15. The minimum atomic E-state index is -0.457. The molecule has 182 valence electrons. The first-order valence-corrected chi connectivity index (χ1v) is 11.6. The first-order valence-electron chi connectivity index (χ1n) is 11.6. The number of hydrogen-bond donors (Lipinski definition) is 3. The molecule has 1 aromatic heterocycles. The summed E-state index contributed by atoms with van der Waals surface area (Å²) in [6, 6.07) is 22.9. The van der Waals surface area contributed by atoms with E-state index in [1.165, 1.54) is 0 Å². The van der Waals surface area contributed by atoms with E-state index in [0.29, 0.717) is 28.3 Å². The van der Waals surface area contributed by atoms with E-state index in [9.17, 15) is 14.4 Å². The number of carbonyl (C=O) groups is 3. The standard InChI is InChI=1S/C28H26N4O4/c1-2-36-28(35)21-11-7-13-23(17-21)32-27(34)20-10-6-12-22(16-20)31-25(33)18-24(26-29-14-15-30-26)19-8-4-3-5-9-19/h3-17,24H,2,18H2,1H3,(H,29,30)(H,31,33)(H,32,34). The van der Waals surface area contributed by atoms with E-state index >= 15 is 0 Å². The fourth-order valence-corrected chi connectivity index (χ4v) is 3.80. The number of esters is 1. The average molecular weight is 483 g/mol. The van der Waals surface area contributed by atoms with Crippen LogP contribution in [0.1, 0.15) is 51.4 Å². The molecule has 0 bridgehead atoms. The number of aromatic nitrogens is 2. The second-order valence-electron chi connectivity index (χ2n) is 8.03. The Balaban J connectivity index is 1.43. The lowest BCUT2D eigenvalue weighted by Crippen LogP contribution is -2.18. The number of anilines is 2. The zero-order chi connectivity index (χ0) is 25.3. The van der Waals surface area contributed by atoms with Crippen LogP contribution in [0.3, 0.4) is 0 Å². The Kier molecular flexibility index (Phi) is 7.87. The summed E-state index contributed by atoms with van der Waals surface area (Å²) < 4.78 is 5.01. The second kappa shape index (κ2) is 11.6. The summed E-state index contributed by atoms with van der Waals surface area (Å²) in [5.41, 5.74) is 2.64. The molecule has 1 heterocycles. The lowest BCUT2D eigenvalue weighted by atomic mass is 9.94. The molecule has 8 heteroatoms. The van der Waals surface area contributed by atoms with Gasteiger partial charge >= 0.3 is 5.97 Å². The van der Waals surface area contributed by atoms with Crippen molar-refractivity contribution in [3.8, 4) is 0 Å². The first kappa shape index (κ1) is 24.4. The van der Waals surface area contributed by atoms with Crippen molar-refractivity contribution in [2.75, 3.05) is 17.2 Å². The summed E-state index contributed by atoms with van der Waals surface area (Å²) in [4.78, 5) is 45.1. The van der Waals surface area contributed by atoms with Crippen molar-refractivity contribution in [3.05, 3.63) is 114 Å². The molecular formula is C28H26N4O4. The van der Waals surface area contributed by atoms with Gasteiger partial charge in [0.2, 0.25) is 5.91 Å². The van der Waals surface area contributed by atoms with Crippen molar-refractivity contribution in [1.29, 1.82) is 0 Å². The summed E-state index contributed by atoms with van der Waals surface area (Å²) in [5, 5.41) is 5.66. The monoisotopic (exact) mass is 482 g/mol. The molecule has 4 rings (SSSR count). The SMILES string of the molecule is CCOC(=O)c1cccc(NC(=O)c2cccc(NC(=O)CC(c3ccccc3)c3ncc[nH]3)c2)c1. The van der Waals surface area contributed by atoms with Crippen LogP contribution in [-0.2, 0) is 9.53 Å². The maximum absolute atomic E-state index is 12.9. The average Bonchev–Trinajstić information content (AvgIpc) is 3.43. The maximum Gasteiger partial charge on any atom is 0.338 e. The third-order valence-corrected chi connectivity index (χ3v) is 5.48. The van der Waals surface area contributed by atoms with Gasteiger partial charge in [-0.15, -0.1) is 0 Å². The minimum Gasteiger partial charge on any atom is -0.462 e. The van der Waals surface area contributed by atoms with E-state index in [1.54, 1.807) is 67.8 Å². The number of nitrogens with one attached hydrogen (secondary N) is 3. The Morgan fingerprint density at radius 1 is 0.889 bits per heavy atom. The second-order valence-corrected chi connectivity index (χ2v) is 8.03. The Labute approximate surface area is 208 Å². The molecule has 0 radical (unpaired) electrons. The van der Waals surface area contributed by atoms with Gasteiger partial charge < -0.3 is 20.4 Å². The molecule has 0 aliphatic rings. The number of ether oxygens (including phenoxy) is 1. The van der Waals surface area contributed by atoms with E-state index in [-0.39, 0.29) is 30.8 Å². The number of benzene rings is 3. The Morgan fingerprint density at radius 3 is 2.28 bits per heavy atom. The van der Waals surface area contributed by atoms with Crippen LogP contribution in [-0.4, -0.2) is 34.4 Å². The molecule has 1 unspecified atom stereocenters. The van der Waals surface area contributed by atoms with Gasteiger partial charge in [-0.25, -0.2) is 9.78 Å². The van der Waals surface area contributed by atoms with Gasteiger partial charge in [0, 0.05) is 35.8 Å². The van der Waals surface area contributed by atoms with Gasteiger partial charge in [-0.1, -0.05) is 42.5 Å². The van der Waals surface area contributed by atoms with E-state index in [4.69, 9.17) is 4.74 Å². The molecule has 0 saturated heterocycles. The van der Waals surface area contributed by atoms with Crippen LogP contribution in [0.2, 0.25) is 0 Å². The molecule has 2 amide bonds. The fourth-order valence-electron chi connectivity index (χ4n) is 3.80. The fraction of sp³-hybridized carbons (Fsp3) is 0.143.